The van der Waals surface area contributed by atoms with Gasteiger partial charge in [-0.15, -0.1) is 6.42 Å². The number of carbonyl (C=O) groups is 1. The molecule has 0 aliphatic carbocycles. The van der Waals surface area contributed by atoms with Crippen molar-refractivity contribution in [1.82, 2.24) is 4.72 Å². The number of methoxy groups -OCH3 is 1. The lowest BCUT2D eigenvalue weighted by Crippen LogP contribution is -2.34. The van der Waals surface area contributed by atoms with Gasteiger partial charge in [0.25, 0.3) is 0 Å². The summed E-state index contributed by atoms with van der Waals surface area (Å²) >= 11 is 0. The minimum absolute atomic E-state index is 0.0912. The highest BCUT2D eigenvalue weighted by Gasteiger charge is 2.25. The van der Waals surface area contributed by atoms with E-state index in [2.05, 4.69) is 15.4 Å². The fourth-order valence-corrected chi connectivity index (χ4v) is 3.18. The number of nitrogen functional groups attached to an aromatic ring is 1. The van der Waals surface area contributed by atoms with Gasteiger partial charge in [-0.05, 0) is 24.6 Å². The fourth-order valence-electron chi connectivity index (χ4n) is 1.76. The molecule has 1 atom stereocenters. The topological polar surface area (TPSA) is 98.5 Å². The molecule has 0 saturated carbocycles. The van der Waals surface area contributed by atoms with Gasteiger partial charge in [0.05, 0.1) is 23.6 Å². The molecule has 3 N–H and O–H groups in total. The zero-order valence-electron chi connectivity index (χ0n) is 11.9. The Morgan fingerprint density at radius 1 is 1.52 bits per heavy atom. The molecule has 0 radical (unpaired) electrons. The molecule has 1 rings (SSSR count). The monoisotopic (exact) mass is 310 g/mol. The third-order valence-corrected chi connectivity index (χ3v) is 4.29. The lowest BCUT2D eigenvalue weighted by atomic mass is 10.2. The number of rotatable bonds is 6. The van der Waals surface area contributed by atoms with Crippen LogP contribution in [0.1, 0.15) is 30.1 Å². The van der Waals surface area contributed by atoms with E-state index in [1.807, 2.05) is 6.92 Å². The van der Waals surface area contributed by atoms with Crippen LogP contribution in [0.25, 0.3) is 0 Å². The summed E-state index contributed by atoms with van der Waals surface area (Å²) in [6.45, 7) is 1.89. The molecule has 0 heterocycles. The average Bonchev–Trinajstić information content (AvgIpc) is 2.45. The van der Waals surface area contributed by atoms with Crippen molar-refractivity contribution in [3.05, 3.63) is 23.8 Å². The smallest absolute Gasteiger partial charge is 0.339 e. The number of benzene rings is 1. The molecule has 1 aromatic carbocycles. The van der Waals surface area contributed by atoms with E-state index < -0.39 is 22.0 Å². The summed E-state index contributed by atoms with van der Waals surface area (Å²) in [5, 5.41) is 0. The summed E-state index contributed by atoms with van der Waals surface area (Å²) in [7, 11) is -2.80. The second kappa shape index (κ2) is 7.11. The maximum absolute atomic E-state index is 12.4. The van der Waals surface area contributed by atoms with E-state index in [0.29, 0.717) is 6.42 Å². The van der Waals surface area contributed by atoms with Gasteiger partial charge in [0.15, 0.2) is 0 Å². The van der Waals surface area contributed by atoms with Crippen LogP contribution in [-0.2, 0) is 14.8 Å². The lowest BCUT2D eigenvalue weighted by Gasteiger charge is -2.15. The highest BCUT2D eigenvalue weighted by molar-refractivity contribution is 7.89. The van der Waals surface area contributed by atoms with Crippen LogP contribution in [0.4, 0.5) is 5.69 Å². The van der Waals surface area contributed by atoms with Crippen LogP contribution in [0, 0.1) is 12.3 Å². The predicted octanol–water partition coefficient (Wildman–Crippen LogP) is 1.14. The summed E-state index contributed by atoms with van der Waals surface area (Å²) in [6.07, 6.45) is 6.52. The Balaban J connectivity index is 3.27. The summed E-state index contributed by atoms with van der Waals surface area (Å²) in [4.78, 5) is 11.4. The van der Waals surface area contributed by atoms with E-state index in [9.17, 15) is 13.2 Å². The number of ether oxygens (including phenoxy) is 1. The maximum atomic E-state index is 12.4. The fraction of sp³-hybridized carbons (Fsp3) is 0.357. The zero-order valence-corrected chi connectivity index (χ0v) is 12.7. The number of anilines is 1. The molecule has 0 spiro atoms. The van der Waals surface area contributed by atoms with Crippen molar-refractivity contribution < 1.29 is 17.9 Å². The first-order valence-corrected chi connectivity index (χ1v) is 7.80. The summed E-state index contributed by atoms with van der Waals surface area (Å²) in [5.74, 6) is 1.61. The quantitative estimate of drug-likeness (QED) is 0.466. The third-order valence-electron chi connectivity index (χ3n) is 2.78. The number of sulfonamides is 1. The zero-order chi connectivity index (χ0) is 16.0. The first-order valence-electron chi connectivity index (χ1n) is 6.32. The first-order chi connectivity index (χ1) is 9.85. The Morgan fingerprint density at radius 3 is 2.71 bits per heavy atom. The van der Waals surface area contributed by atoms with E-state index in [0.717, 1.165) is 6.42 Å². The molecular weight excluding hydrogens is 292 g/mol. The Labute approximate surface area is 124 Å². The van der Waals surface area contributed by atoms with Crippen LogP contribution in [0.15, 0.2) is 23.1 Å². The minimum Gasteiger partial charge on any atom is -0.465 e. The summed E-state index contributed by atoms with van der Waals surface area (Å²) in [6, 6.07) is 3.29. The Bertz CT molecular complexity index is 662. The third kappa shape index (κ3) is 4.21. The van der Waals surface area contributed by atoms with Crippen molar-refractivity contribution in [3.8, 4) is 12.3 Å². The Morgan fingerprint density at radius 2 is 2.19 bits per heavy atom. The molecule has 0 bridgehead atoms. The van der Waals surface area contributed by atoms with E-state index in [4.69, 9.17) is 12.2 Å². The number of nitrogens with one attached hydrogen (secondary N) is 1. The molecule has 0 saturated heterocycles. The molecule has 0 aliphatic heterocycles. The average molecular weight is 310 g/mol. The van der Waals surface area contributed by atoms with Crippen molar-refractivity contribution >= 4 is 21.7 Å². The Hall–Kier alpha value is -2.04. The molecular formula is C14H18N2O4S. The van der Waals surface area contributed by atoms with Crippen molar-refractivity contribution in [3.63, 3.8) is 0 Å². The van der Waals surface area contributed by atoms with Crippen LogP contribution >= 0.6 is 0 Å². The molecule has 114 valence electrons. The normalized spacial score (nSPS) is 12.4. The molecule has 6 nitrogen and oxygen atoms in total. The molecule has 0 aromatic heterocycles. The van der Waals surface area contributed by atoms with Gasteiger partial charge in [-0.25, -0.2) is 13.2 Å². The van der Waals surface area contributed by atoms with Crippen LogP contribution in [0.3, 0.4) is 0 Å². The second-order valence-electron chi connectivity index (χ2n) is 4.38. The van der Waals surface area contributed by atoms with E-state index >= 15 is 0 Å². The molecule has 7 heteroatoms. The van der Waals surface area contributed by atoms with E-state index in [1.54, 1.807) is 0 Å². The van der Waals surface area contributed by atoms with Gasteiger partial charge in [-0.2, -0.15) is 4.72 Å². The lowest BCUT2D eigenvalue weighted by molar-refractivity contribution is 0.0596. The second-order valence-corrected chi connectivity index (χ2v) is 6.06. The summed E-state index contributed by atoms with van der Waals surface area (Å²) in [5.41, 5.74) is 5.73. The number of nitrogens with two attached hydrogens (primary N) is 1. The van der Waals surface area contributed by atoms with E-state index in [1.165, 1.54) is 25.3 Å². The van der Waals surface area contributed by atoms with Crippen molar-refractivity contribution in [1.29, 1.82) is 0 Å². The highest BCUT2D eigenvalue weighted by atomic mass is 32.2. The van der Waals surface area contributed by atoms with Crippen molar-refractivity contribution in [2.45, 2.75) is 30.7 Å². The molecule has 0 aliphatic rings. The van der Waals surface area contributed by atoms with Crippen LogP contribution in [-0.4, -0.2) is 27.5 Å². The summed E-state index contributed by atoms with van der Waals surface area (Å²) < 4.78 is 31.8. The largest absolute Gasteiger partial charge is 0.465 e. The first kappa shape index (κ1) is 17.0. The standard InChI is InChI=1S/C14H18N2O4S/c1-4-6-11(5-2)16-21(18,19)13-9-10(15)7-8-12(13)14(17)20-3/h2,7-9,11,16H,4,6,15H2,1,3H3. The van der Waals surface area contributed by atoms with Gasteiger partial charge in [-0.3, -0.25) is 0 Å². The van der Waals surface area contributed by atoms with Gasteiger partial charge in [0.1, 0.15) is 0 Å². The van der Waals surface area contributed by atoms with E-state index in [-0.39, 0.29) is 16.1 Å². The minimum atomic E-state index is -3.98. The number of hydrogen-bond acceptors (Lipinski definition) is 5. The SMILES string of the molecule is C#CC(CCC)NS(=O)(=O)c1cc(N)ccc1C(=O)OC. The number of carbonyl (C=O) groups excluding carboxylic acids is 1. The number of hydrogen-bond donors (Lipinski definition) is 2. The Kier molecular flexibility index (Phi) is 5.76. The number of terminal acetylenes is 1. The predicted molar refractivity (Wildman–Crippen MR) is 80.0 cm³/mol. The van der Waals surface area contributed by atoms with Crippen LogP contribution in [0.2, 0.25) is 0 Å². The molecule has 0 fully saturated rings. The van der Waals surface area contributed by atoms with Gasteiger partial charge < -0.3 is 10.5 Å². The van der Waals surface area contributed by atoms with Crippen molar-refractivity contribution in [2.24, 2.45) is 0 Å². The van der Waals surface area contributed by atoms with Gasteiger partial charge in [-0.1, -0.05) is 19.3 Å². The van der Waals surface area contributed by atoms with Crippen LogP contribution < -0.4 is 10.5 Å². The van der Waals surface area contributed by atoms with Gasteiger partial charge in [0.2, 0.25) is 10.0 Å². The molecule has 1 unspecified atom stereocenters. The maximum Gasteiger partial charge on any atom is 0.339 e. The van der Waals surface area contributed by atoms with Gasteiger partial charge in [0, 0.05) is 5.69 Å². The molecule has 21 heavy (non-hydrogen) atoms. The van der Waals surface area contributed by atoms with Crippen LogP contribution in [0.5, 0.6) is 0 Å². The highest BCUT2D eigenvalue weighted by Crippen LogP contribution is 2.20. The van der Waals surface area contributed by atoms with Gasteiger partial charge >= 0.3 is 5.97 Å². The number of esters is 1. The van der Waals surface area contributed by atoms with Crippen molar-refractivity contribution in [2.75, 3.05) is 12.8 Å². The molecule has 1 aromatic rings. The molecule has 0 amide bonds.